The van der Waals surface area contributed by atoms with Crippen LogP contribution in [0.25, 0.3) is 10.9 Å². The molecule has 1 aromatic heterocycles. The number of rotatable bonds is 3. The van der Waals surface area contributed by atoms with Crippen LogP contribution in [0.3, 0.4) is 0 Å². The van der Waals surface area contributed by atoms with Gasteiger partial charge in [-0.05, 0) is 55.0 Å². The number of aromatic nitrogens is 1. The number of benzene rings is 2. The summed E-state index contributed by atoms with van der Waals surface area (Å²) < 4.78 is 71.5. The summed E-state index contributed by atoms with van der Waals surface area (Å²) >= 11 is 0. The normalized spacial score (nSPS) is 22.9. The molecule has 3 atom stereocenters. The fourth-order valence-electron chi connectivity index (χ4n) is 4.66. The van der Waals surface area contributed by atoms with Gasteiger partial charge in [-0.25, -0.2) is 8.78 Å². The van der Waals surface area contributed by atoms with Gasteiger partial charge in [0.1, 0.15) is 5.82 Å². The first kappa shape index (κ1) is 23.0. The summed E-state index contributed by atoms with van der Waals surface area (Å²) in [6, 6.07) is 3.83. The van der Waals surface area contributed by atoms with E-state index in [4.69, 9.17) is 0 Å². The number of aliphatic hydroxyl groups is 1. The number of hydrogen-bond donors (Lipinski definition) is 4. The fourth-order valence-corrected chi connectivity index (χ4v) is 4.66. The lowest BCUT2D eigenvalue weighted by Crippen LogP contribution is -2.55. The van der Waals surface area contributed by atoms with Crippen molar-refractivity contribution in [2.24, 2.45) is 0 Å². The van der Waals surface area contributed by atoms with Gasteiger partial charge < -0.3 is 20.5 Å². The third kappa shape index (κ3) is 3.52. The molecule has 4 rings (SSSR count). The van der Waals surface area contributed by atoms with Crippen LogP contribution in [0.15, 0.2) is 35.1 Å². The molecule has 10 heteroatoms. The molecule has 2 aromatic carbocycles. The summed E-state index contributed by atoms with van der Waals surface area (Å²) in [4.78, 5) is 13.9. The van der Waals surface area contributed by atoms with Crippen molar-refractivity contribution in [3.63, 3.8) is 0 Å². The van der Waals surface area contributed by atoms with Crippen molar-refractivity contribution in [3.05, 3.63) is 69.0 Å². The van der Waals surface area contributed by atoms with Crippen molar-refractivity contribution in [2.45, 2.75) is 50.4 Å². The molecule has 0 saturated carbocycles. The minimum absolute atomic E-state index is 0.00755. The predicted molar refractivity (Wildman–Crippen MR) is 112 cm³/mol. The Bertz CT molecular complexity index is 1300. The van der Waals surface area contributed by atoms with Crippen molar-refractivity contribution < 1.29 is 32.2 Å². The second kappa shape index (κ2) is 7.72. The maximum Gasteiger partial charge on any atom is 0.419 e. The van der Waals surface area contributed by atoms with Crippen molar-refractivity contribution in [2.75, 3.05) is 5.32 Å². The highest BCUT2D eigenvalue weighted by molar-refractivity contribution is 5.91. The standard InChI is InChI=1S/C23H21F5N2O3/c1-3-11-9-22(33,23(26,27)28)21(13-8-10(2)18(25)20(32)17(11)13)29-15-6-5-14(24)19-12(15)4-7-16(31)30-19/h4-8,11,21,29,32-33H,3,9H2,1-2H3,(H,30,31)/t11-,21+,22-/m1/s1. The van der Waals surface area contributed by atoms with Crippen LogP contribution in [0.4, 0.5) is 27.6 Å². The van der Waals surface area contributed by atoms with Crippen LogP contribution in [0.1, 0.15) is 48.4 Å². The van der Waals surface area contributed by atoms with Gasteiger partial charge in [0.25, 0.3) is 0 Å². The molecule has 4 N–H and O–H groups in total. The van der Waals surface area contributed by atoms with Gasteiger partial charge in [-0.2, -0.15) is 13.2 Å². The molecule has 0 radical (unpaired) electrons. The zero-order valence-electron chi connectivity index (χ0n) is 17.6. The maximum absolute atomic E-state index is 14.5. The Morgan fingerprint density at radius 3 is 2.55 bits per heavy atom. The Kier molecular flexibility index (Phi) is 5.39. The number of halogens is 5. The van der Waals surface area contributed by atoms with Crippen LogP contribution in [-0.2, 0) is 0 Å². The van der Waals surface area contributed by atoms with Gasteiger partial charge in [0, 0.05) is 22.7 Å². The van der Waals surface area contributed by atoms with Gasteiger partial charge in [0.15, 0.2) is 17.2 Å². The largest absolute Gasteiger partial charge is 0.505 e. The Morgan fingerprint density at radius 1 is 1.21 bits per heavy atom. The Labute approximate surface area is 184 Å². The molecule has 0 amide bonds. The predicted octanol–water partition coefficient (Wildman–Crippen LogP) is 5.16. The number of hydrogen-bond acceptors (Lipinski definition) is 4. The molecule has 0 spiro atoms. The number of fused-ring (bicyclic) bond motifs is 2. The number of H-pyrrole nitrogens is 1. The molecular weight excluding hydrogens is 447 g/mol. The summed E-state index contributed by atoms with van der Waals surface area (Å²) in [5, 5.41) is 24.2. The highest BCUT2D eigenvalue weighted by Gasteiger charge is 2.62. The molecule has 176 valence electrons. The minimum atomic E-state index is -5.09. The van der Waals surface area contributed by atoms with E-state index in [0.717, 1.165) is 12.1 Å². The van der Waals surface area contributed by atoms with Crippen LogP contribution in [0, 0.1) is 18.6 Å². The van der Waals surface area contributed by atoms with Gasteiger partial charge in [0.2, 0.25) is 5.56 Å². The van der Waals surface area contributed by atoms with E-state index >= 15 is 0 Å². The summed E-state index contributed by atoms with van der Waals surface area (Å²) in [6.45, 7) is 2.88. The number of aromatic hydroxyl groups is 1. The average molecular weight is 468 g/mol. The molecule has 0 saturated heterocycles. The average Bonchev–Trinajstić information content (AvgIpc) is 2.74. The summed E-state index contributed by atoms with van der Waals surface area (Å²) in [7, 11) is 0. The molecule has 0 fully saturated rings. The van der Waals surface area contributed by atoms with Gasteiger partial charge in [0.05, 0.1) is 11.6 Å². The first-order valence-corrected chi connectivity index (χ1v) is 10.3. The second-order valence-corrected chi connectivity index (χ2v) is 8.37. The lowest BCUT2D eigenvalue weighted by molar-refractivity contribution is -0.272. The number of anilines is 1. The molecule has 0 aliphatic heterocycles. The van der Waals surface area contributed by atoms with Gasteiger partial charge in [-0.3, -0.25) is 4.79 Å². The van der Waals surface area contributed by atoms with E-state index in [9.17, 15) is 37.0 Å². The number of phenols is 1. The second-order valence-electron chi connectivity index (χ2n) is 8.37. The number of alkyl halides is 3. The third-order valence-corrected chi connectivity index (χ3v) is 6.37. The Hall–Kier alpha value is -3.14. The van der Waals surface area contributed by atoms with Gasteiger partial charge in [-0.15, -0.1) is 0 Å². The van der Waals surface area contributed by atoms with Crippen LogP contribution in [-0.4, -0.2) is 27.0 Å². The van der Waals surface area contributed by atoms with E-state index in [1.807, 2.05) is 0 Å². The molecule has 0 unspecified atom stereocenters. The van der Waals surface area contributed by atoms with Crippen molar-refractivity contribution >= 4 is 16.6 Å². The van der Waals surface area contributed by atoms with E-state index in [2.05, 4.69) is 10.3 Å². The van der Waals surface area contributed by atoms with Crippen LogP contribution < -0.4 is 10.9 Å². The smallest absolute Gasteiger partial charge is 0.419 e. The molecule has 33 heavy (non-hydrogen) atoms. The van der Waals surface area contributed by atoms with E-state index in [1.54, 1.807) is 6.92 Å². The molecule has 1 heterocycles. The van der Waals surface area contributed by atoms with E-state index in [-0.39, 0.29) is 39.7 Å². The molecule has 1 aliphatic rings. The fraction of sp³-hybridized carbons (Fsp3) is 0.348. The zero-order valence-corrected chi connectivity index (χ0v) is 17.6. The van der Waals surface area contributed by atoms with Crippen LogP contribution in [0.2, 0.25) is 0 Å². The lowest BCUT2D eigenvalue weighted by Gasteiger charge is -2.46. The number of nitrogens with one attached hydrogen (secondary N) is 2. The number of phenolic OH excluding ortho intramolecular Hbond substituents is 1. The maximum atomic E-state index is 14.5. The number of aryl methyl sites for hydroxylation is 1. The number of pyridine rings is 1. The van der Waals surface area contributed by atoms with Gasteiger partial charge in [-0.1, -0.05) is 13.0 Å². The van der Waals surface area contributed by atoms with Crippen LogP contribution in [0.5, 0.6) is 5.75 Å². The van der Waals surface area contributed by atoms with Crippen molar-refractivity contribution in [1.82, 2.24) is 4.98 Å². The molecular formula is C23H21F5N2O3. The SMILES string of the molecule is CC[C@@H]1C[C@](O)(C(F)(F)F)[C@@H](Nc2ccc(F)c3[nH]c(=O)ccc23)c2cc(C)c(F)c(O)c21. The third-order valence-electron chi connectivity index (χ3n) is 6.37. The first-order valence-electron chi connectivity index (χ1n) is 10.3. The molecule has 0 bridgehead atoms. The number of aromatic amines is 1. The Balaban J connectivity index is 1.98. The van der Waals surface area contributed by atoms with E-state index in [0.29, 0.717) is 0 Å². The minimum Gasteiger partial charge on any atom is -0.505 e. The summed E-state index contributed by atoms with van der Waals surface area (Å²) in [6.07, 6.45) is -5.78. The van der Waals surface area contributed by atoms with E-state index in [1.165, 1.54) is 25.1 Å². The monoisotopic (exact) mass is 468 g/mol. The van der Waals surface area contributed by atoms with Gasteiger partial charge >= 0.3 is 6.18 Å². The molecule has 5 nitrogen and oxygen atoms in total. The molecule has 3 aromatic rings. The highest BCUT2D eigenvalue weighted by atomic mass is 19.4. The van der Waals surface area contributed by atoms with Crippen molar-refractivity contribution in [3.8, 4) is 5.75 Å². The molecule has 1 aliphatic carbocycles. The zero-order chi connectivity index (χ0) is 24.3. The van der Waals surface area contributed by atoms with Crippen molar-refractivity contribution in [1.29, 1.82) is 0 Å². The summed E-state index contributed by atoms with van der Waals surface area (Å²) in [5.41, 5.74) is -4.29. The summed E-state index contributed by atoms with van der Waals surface area (Å²) in [5.74, 6) is -3.43. The van der Waals surface area contributed by atoms with E-state index < -0.39 is 53.1 Å². The quantitative estimate of drug-likeness (QED) is 0.400. The lowest BCUT2D eigenvalue weighted by atomic mass is 9.68. The highest BCUT2D eigenvalue weighted by Crippen LogP contribution is 2.55. The van der Waals surface area contributed by atoms with Crippen LogP contribution >= 0.6 is 0 Å². The Morgan fingerprint density at radius 2 is 1.91 bits per heavy atom. The topological polar surface area (TPSA) is 85.4 Å². The first-order chi connectivity index (χ1) is 15.4.